The Kier molecular flexibility index (Phi) is 24.2. The van der Waals surface area contributed by atoms with E-state index in [0.29, 0.717) is 6.42 Å². The molecule has 0 N–H and O–H groups in total. The van der Waals surface area contributed by atoms with Crippen molar-refractivity contribution in [3.05, 3.63) is 0 Å². The van der Waals surface area contributed by atoms with E-state index < -0.39 is 13.3 Å². The molecule has 0 aromatic carbocycles. The standard InChI is InChI=1S/C27H55O6PS/c1-6-9-11-13-15-16-17-19-21-24-35-26(22-20-18-14-12-10-7-2)25(4)32-33-34(29,27(28)30-5)31-23-8-3/h25-26H,6-24H2,1-5H3. The van der Waals surface area contributed by atoms with Crippen LogP contribution in [-0.4, -0.2) is 36.5 Å². The zero-order chi connectivity index (χ0) is 26.2. The fourth-order valence-electron chi connectivity index (χ4n) is 3.84. The van der Waals surface area contributed by atoms with Gasteiger partial charge < -0.3 is 4.74 Å². The lowest BCUT2D eigenvalue weighted by molar-refractivity contribution is -0.245. The predicted octanol–water partition coefficient (Wildman–Crippen LogP) is 10.1. The van der Waals surface area contributed by atoms with Gasteiger partial charge >= 0.3 is 13.3 Å². The van der Waals surface area contributed by atoms with Gasteiger partial charge in [-0.05, 0) is 31.9 Å². The van der Waals surface area contributed by atoms with Gasteiger partial charge in [0.1, 0.15) is 6.10 Å². The molecule has 0 spiro atoms. The number of hydrogen-bond donors (Lipinski definition) is 0. The zero-order valence-corrected chi connectivity index (χ0v) is 25.1. The molecule has 0 saturated carbocycles. The Morgan fingerprint density at radius 1 is 0.771 bits per heavy atom. The van der Waals surface area contributed by atoms with Crippen LogP contribution in [0.5, 0.6) is 0 Å². The van der Waals surface area contributed by atoms with Gasteiger partial charge in [-0.1, -0.05) is 111 Å². The predicted molar refractivity (Wildman–Crippen MR) is 149 cm³/mol. The number of methoxy groups -OCH3 is 1. The smallest absolute Gasteiger partial charge is 0.460 e. The van der Waals surface area contributed by atoms with Crippen LogP contribution in [0.15, 0.2) is 0 Å². The van der Waals surface area contributed by atoms with Crippen LogP contribution in [0.25, 0.3) is 0 Å². The van der Waals surface area contributed by atoms with Gasteiger partial charge in [-0.25, -0.2) is 14.2 Å². The van der Waals surface area contributed by atoms with Gasteiger partial charge in [0.25, 0.3) is 0 Å². The summed E-state index contributed by atoms with van der Waals surface area (Å²) in [4.78, 5) is 17.5. The molecule has 0 aromatic heterocycles. The Labute approximate surface area is 220 Å². The quantitative estimate of drug-likeness (QED) is 0.0469. The van der Waals surface area contributed by atoms with Crippen LogP contribution in [0.2, 0.25) is 0 Å². The second kappa shape index (κ2) is 24.3. The molecule has 3 atom stereocenters. The Balaban J connectivity index is 4.56. The topological polar surface area (TPSA) is 71.1 Å². The molecule has 0 aliphatic rings. The van der Waals surface area contributed by atoms with E-state index in [-0.39, 0.29) is 18.0 Å². The van der Waals surface area contributed by atoms with Gasteiger partial charge in [0.05, 0.1) is 13.7 Å². The van der Waals surface area contributed by atoms with E-state index in [1.54, 1.807) is 0 Å². The van der Waals surface area contributed by atoms with Crippen LogP contribution in [0.4, 0.5) is 4.79 Å². The van der Waals surface area contributed by atoms with Crippen molar-refractivity contribution in [1.82, 2.24) is 0 Å². The van der Waals surface area contributed by atoms with Crippen LogP contribution in [0.3, 0.4) is 0 Å². The second-order valence-corrected chi connectivity index (χ2v) is 12.6. The number of carbonyl (C=O) groups is 1. The number of hydrogen-bond acceptors (Lipinski definition) is 7. The minimum Gasteiger partial charge on any atom is -0.460 e. The van der Waals surface area contributed by atoms with Crippen LogP contribution in [0, 0.1) is 0 Å². The lowest BCUT2D eigenvalue weighted by atomic mass is 10.1. The number of ether oxygens (including phenoxy) is 1. The van der Waals surface area contributed by atoms with Crippen molar-refractivity contribution in [2.75, 3.05) is 19.5 Å². The SMILES string of the molecule is CCCCCCCCCCCSC(CCCCCCCC)C(C)OOP(=O)(OCCC)C(=O)OC. The maximum Gasteiger partial charge on any atom is 0.464 e. The van der Waals surface area contributed by atoms with Crippen LogP contribution < -0.4 is 0 Å². The first-order valence-electron chi connectivity index (χ1n) is 14.2. The summed E-state index contributed by atoms with van der Waals surface area (Å²) in [6.45, 7) is 8.42. The molecule has 0 aromatic rings. The van der Waals surface area contributed by atoms with E-state index >= 15 is 0 Å². The molecule has 0 bridgehead atoms. The van der Waals surface area contributed by atoms with Crippen molar-refractivity contribution in [2.24, 2.45) is 0 Å². The normalized spacial score (nSPS) is 15.0. The monoisotopic (exact) mass is 538 g/mol. The summed E-state index contributed by atoms with van der Waals surface area (Å²) < 4.78 is 27.7. The molecule has 3 unspecified atom stereocenters. The fraction of sp³-hybridized carbons (Fsp3) is 0.963. The largest absolute Gasteiger partial charge is 0.464 e. The van der Waals surface area contributed by atoms with Crippen molar-refractivity contribution in [2.45, 2.75) is 148 Å². The highest BCUT2D eigenvalue weighted by Gasteiger charge is 2.39. The summed E-state index contributed by atoms with van der Waals surface area (Å²) in [5.41, 5.74) is -1.02. The van der Waals surface area contributed by atoms with Crippen molar-refractivity contribution >= 4 is 25.1 Å². The van der Waals surface area contributed by atoms with Gasteiger partial charge in [0.15, 0.2) is 0 Å². The van der Waals surface area contributed by atoms with Crippen molar-refractivity contribution in [1.29, 1.82) is 0 Å². The minimum atomic E-state index is -4.11. The van der Waals surface area contributed by atoms with Crippen molar-refractivity contribution in [3.8, 4) is 0 Å². The third-order valence-electron chi connectivity index (χ3n) is 6.10. The van der Waals surface area contributed by atoms with Gasteiger partial charge in [0, 0.05) is 5.25 Å². The van der Waals surface area contributed by atoms with Gasteiger partial charge in [-0.3, -0.25) is 4.52 Å². The van der Waals surface area contributed by atoms with E-state index in [2.05, 4.69) is 18.6 Å². The molecule has 0 amide bonds. The Hall–Kier alpha value is -0.0700. The average molecular weight is 539 g/mol. The van der Waals surface area contributed by atoms with Gasteiger partial charge in [-0.2, -0.15) is 11.8 Å². The Morgan fingerprint density at radius 3 is 1.80 bits per heavy atom. The lowest BCUT2D eigenvalue weighted by Gasteiger charge is -2.24. The van der Waals surface area contributed by atoms with E-state index in [1.807, 2.05) is 25.6 Å². The first-order valence-corrected chi connectivity index (χ1v) is 16.8. The molecular weight excluding hydrogens is 483 g/mol. The number of thioether (sulfide) groups is 1. The lowest BCUT2D eigenvalue weighted by Crippen LogP contribution is -2.24. The van der Waals surface area contributed by atoms with Crippen molar-refractivity contribution in [3.63, 3.8) is 0 Å². The van der Waals surface area contributed by atoms with Gasteiger partial charge in [0.2, 0.25) is 0 Å². The third-order valence-corrected chi connectivity index (χ3v) is 9.11. The Morgan fingerprint density at radius 2 is 1.29 bits per heavy atom. The fourth-order valence-corrected chi connectivity index (χ4v) is 6.27. The molecule has 0 fully saturated rings. The first-order chi connectivity index (χ1) is 16.9. The maximum atomic E-state index is 12.8. The first kappa shape index (κ1) is 34.9. The average Bonchev–Trinajstić information content (AvgIpc) is 2.87. The van der Waals surface area contributed by atoms with E-state index in [1.165, 1.54) is 97.0 Å². The molecule has 0 saturated heterocycles. The summed E-state index contributed by atoms with van der Waals surface area (Å²) in [5.74, 6) is 1.07. The minimum absolute atomic E-state index is 0.138. The zero-order valence-electron chi connectivity index (χ0n) is 23.4. The molecule has 0 rings (SSSR count). The van der Waals surface area contributed by atoms with Crippen molar-refractivity contribution < 1.29 is 28.2 Å². The highest BCUT2D eigenvalue weighted by Crippen LogP contribution is 2.50. The van der Waals surface area contributed by atoms with E-state index in [4.69, 9.17) is 14.1 Å². The van der Waals surface area contributed by atoms with Crippen LogP contribution >= 0.6 is 19.4 Å². The molecule has 6 nitrogen and oxygen atoms in total. The molecule has 210 valence electrons. The molecule has 0 heterocycles. The number of rotatable bonds is 26. The molecule has 0 aliphatic heterocycles. The highest BCUT2D eigenvalue weighted by molar-refractivity contribution is 7.99. The molecular formula is C27H55O6PS. The van der Waals surface area contributed by atoms with E-state index in [0.717, 1.165) is 18.6 Å². The van der Waals surface area contributed by atoms with Gasteiger partial charge in [-0.15, -0.1) is 4.67 Å². The third kappa shape index (κ3) is 18.8. The highest BCUT2D eigenvalue weighted by atomic mass is 32.2. The summed E-state index contributed by atoms with van der Waals surface area (Å²) in [6.07, 6.45) is 20.6. The molecule has 0 aliphatic carbocycles. The number of carbonyl (C=O) groups excluding carboxylic acids is 1. The molecule has 0 radical (unpaired) electrons. The maximum absolute atomic E-state index is 12.8. The van der Waals surface area contributed by atoms with Crippen LogP contribution in [0.1, 0.15) is 137 Å². The second-order valence-electron chi connectivity index (χ2n) is 9.47. The summed E-state index contributed by atoms with van der Waals surface area (Å²) in [5, 5.41) is 0.215. The molecule has 35 heavy (non-hydrogen) atoms. The van der Waals surface area contributed by atoms with Crippen LogP contribution in [-0.2, 0) is 23.4 Å². The number of unbranched alkanes of at least 4 members (excludes halogenated alkanes) is 13. The molecule has 8 heteroatoms. The summed E-state index contributed by atoms with van der Waals surface area (Å²) in [7, 11) is -2.95. The Bertz CT molecular complexity index is 534. The summed E-state index contributed by atoms with van der Waals surface area (Å²) >= 11 is 1.90. The van der Waals surface area contributed by atoms with E-state index in [9.17, 15) is 9.36 Å². The summed E-state index contributed by atoms with van der Waals surface area (Å²) in [6, 6.07) is 0.